The number of carbonyl (C=O) groups excluding carboxylic acids is 2. The molecular weight excluding hydrogens is 522 g/mol. The van der Waals surface area contributed by atoms with Crippen molar-refractivity contribution in [3.05, 3.63) is 62.0 Å². The summed E-state index contributed by atoms with van der Waals surface area (Å²) in [5.74, 6) is 0.506. The topological polar surface area (TPSA) is 57.6 Å². The van der Waals surface area contributed by atoms with Crippen molar-refractivity contribution in [3.8, 4) is 0 Å². The second-order valence-electron chi connectivity index (χ2n) is 9.52. The number of ketones is 1. The minimum Gasteiger partial charge on any atom is -0.396 e. The molecule has 31 heavy (non-hydrogen) atoms. The van der Waals surface area contributed by atoms with Crippen molar-refractivity contribution in [2.24, 2.45) is 5.92 Å². The monoisotopic (exact) mass is 549 g/mol. The molecule has 2 aliphatic rings. The highest BCUT2D eigenvalue weighted by atomic mass is 79.9. The first kappa shape index (κ1) is 24.1. The van der Waals surface area contributed by atoms with Crippen LogP contribution in [0.3, 0.4) is 0 Å². The fourth-order valence-electron chi connectivity index (χ4n) is 4.23. The van der Waals surface area contributed by atoms with E-state index < -0.39 is 5.41 Å². The predicted molar refractivity (Wildman–Crippen MR) is 132 cm³/mol. The molecule has 0 fully saturated rings. The highest BCUT2D eigenvalue weighted by Gasteiger charge is 2.44. The van der Waals surface area contributed by atoms with E-state index in [2.05, 4.69) is 31.9 Å². The smallest absolute Gasteiger partial charge is 0.237 e. The molecular formula is C25H29Br2NO3. The molecule has 166 valence electrons. The molecule has 1 amide bonds. The molecule has 2 aromatic carbocycles. The van der Waals surface area contributed by atoms with Crippen LogP contribution in [0.25, 0.3) is 0 Å². The first-order chi connectivity index (χ1) is 14.4. The highest BCUT2D eigenvalue weighted by Crippen LogP contribution is 2.43. The number of carbonyl (C=O) groups is 2. The Morgan fingerprint density at radius 1 is 0.968 bits per heavy atom. The SMILES string of the molecule is CC1(C)C(=O)Cc2cc(Br)ccc21.C[C@H](CO)CN1C(=O)C(C)(C)c2ccc(Br)cc21. The van der Waals surface area contributed by atoms with Crippen LogP contribution >= 0.6 is 31.9 Å². The summed E-state index contributed by atoms with van der Waals surface area (Å²) >= 11 is 6.86. The number of nitrogens with zero attached hydrogens (tertiary/aromatic N) is 1. The molecule has 0 radical (unpaired) electrons. The normalized spacial score (nSPS) is 18.9. The van der Waals surface area contributed by atoms with Crippen molar-refractivity contribution in [2.45, 2.75) is 51.9 Å². The summed E-state index contributed by atoms with van der Waals surface area (Å²) in [7, 11) is 0. The third kappa shape index (κ3) is 4.53. The summed E-state index contributed by atoms with van der Waals surface area (Å²) < 4.78 is 2.02. The van der Waals surface area contributed by atoms with Gasteiger partial charge in [0, 0.05) is 39.6 Å². The second kappa shape index (κ2) is 8.80. The largest absolute Gasteiger partial charge is 0.396 e. The third-order valence-electron chi connectivity index (χ3n) is 6.30. The van der Waals surface area contributed by atoms with Gasteiger partial charge in [-0.25, -0.2) is 0 Å². The second-order valence-corrected chi connectivity index (χ2v) is 11.3. The summed E-state index contributed by atoms with van der Waals surface area (Å²) in [5.41, 5.74) is 3.60. The van der Waals surface area contributed by atoms with Crippen LogP contribution in [0.2, 0.25) is 0 Å². The Balaban J connectivity index is 0.000000185. The standard InChI is InChI=1S/C14H18BrNO2.C11H11BrO/c1-9(8-17)7-16-12-6-10(15)4-5-11(12)14(2,3)13(16)18;1-11(2)9-4-3-8(12)5-7(9)6-10(11)13/h4-6,9,17H,7-8H2,1-3H3;3-5H,6H2,1-2H3/t9-;/m0./s1. The molecule has 4 rings (SSSR count). The average molecular weight is 551 g/mol. The molecule has 6 heteroatoms. The Morgan fingerprint density at radius 2 is 1.55 bits per heavy atom. The molecule has 1 atom stereocenters. The molecule has 0 aromatic heterocycles. The molecule has 1 heterocycles. The maximum atomic E-state index is 12.5. The van der Waals surface area contributed by atoms with E-state index in [9.17, 15) is 9.59 Å². The fraction of sp³-hybridized carbons (Fsp3) is 0.440. The lowest BCUT2D eigenvalue weighted by Gasteiger charge is -2.23. The van der Waals surface area contributed by atoms with E-state index in [0.717, 1.165) is 20.2 Å². The number of amides is 1. The third-order valence-corrected chi connectivity index (χ3v) is 7.28. The van der Waals surface area contributed by atoms with Crippen LogP contribution in [-0.2, 0) is 26.8 Å². The Labute approximate surface area is 201 Å². The maximum absolute atomic E-state index is 12.5. The van der Waals surface area contributed by atoms with Gasteiger partial charge in [0.15, 0.2) is 0 Å². The van der Waals surface area contributed by atoms with Gasteiger partial charge in [-0.2, -0.15) is 0 Å². The number of aliphatic hydroxyl groups excluding tert-OH is 1. The van der Waals surface area contributed by atoms with Gasteiger partial charge < -0.3 is 10.0 Å². The molecule has 0 unspecified atom stereocenters. The number of anilines is 1. The minimum atomic E-state index is -0.481. The Kier molecular flexibility index (Phi) is 6.85. The van der Waals surface area contributed by atoms with Crippen molar-refractivity contribution in [3.63, 3.8) is 0 Å². The summed E-state index contributed by atoms with van der Waals surface area (Å²) in [4.78, 5) is 25.9. The number of halogens is 2. The maximum Gasteiger partial charge on any atom is 0.237 e. The first-order valence-corrected chi connectivity index (χ1v) is 12.0. The minimum absolute atomic E-state index is 0.0784. The summed E-state index contributed by atoms with van der Waals surface area (Å²) in [5, 5.41) is 9.17. The van der Waals surface area contributed by atoms with Crippen LogP contribution in [-0.4, -0.2) is 29.9 Å². The van der Waals surface area contributed by atoms with Crippen LogP contribution < -0.4 is 4.90 Å². The fourth-order valence-corrected chi connectivity index (χ4v) is 4.99. The predicted octanol–water partition coefficient (Wildman–Crippen LogP) is 5.55. The molecule has 1 aliphatic carbocycles. The molecule has 2 aromatic rings. The van der Waals surface area contributed by atoms with E-state index in [0.29, 0.717) is 18.7 Å². The lowest BCUT2D eigenvalue weighted by molar-refractivity contribution is -0.122. The molecule has 0 saturated heterocycles. The number of hydrogen-bond acceptors (Lipinski definition) is 3. The quantitative estimate of drug-likeness (QED) is 0.544. The van der Waals surface area contributed by atoms with Gasteiger partial charge in [0.1, 0.15) is 5.78 Å². The zero-order valence-corrected chi connectivity index (χ0v) is 21.8. The van der Waals surface area contributed by atoms with Crippen LogP contribution in [0, 0.1) is 5.92 Å². The molecule has 0 bridgehead atoms. The Bertz CT molecular complexity index is 1030. The van der Waals surface area contributed by atoms with E-state index in [1.54, 1.807) is 4.90 Å². The lowest BCUT2D eigenvalue weighted by Crippen LogP contribution is -2.39. The zero-order valence-electron chi connectivity index (χ0n) is 18.6. The van der Waals surface area contributed by atoms with Crippen LogP contribution in [0.15, 0.2) is 45.3 Å². The van der Waals surface area contributed by atoms with Gasteiger partial charge >= 0.3 is 0 Å². The van der Waals surface area contributed by atoms with E-state index >= 15 is 0 Å². The highest BCUT2D eigenvalue weighted by molar-refractivity contribution is 9.10. The number of Topliss-reactive ketones (excluding diaryl/α,β-unsaturated/α-hetero) is 1. The zero-order chi connectivity index (χ0) is 23.1. The van der Waals surface area contributed by atoms with Crippen LogP contribution in [0.5, 0.6) is 0 Å². The summed E-state index contributed by atoms with van der Waals surface area (Å²) in [6.07, 6.45) is 0.585. The molecule has 0 saturated carbocycles. The van der Waals surface area contributed by atoms with Crippen molar-refractivity contribution in [1.29, 1.82) is 0 Å². The van der Waals surface area contributed by atoms with E-state index in [1.165, 1.54) is 11.1 Å². The van der Waals surface area contributed by atoms with Crippen molar-refractivity contribution in [2.75, 3.05) is 18.1 Å². The lowest BCUT2D eigenvalue weighted by atomic mass is 9.86. The van der Waals surface area contributed by atoms with Gasteiger partial charge in [-0.3, -0.25) is 9.59 Å². The summed E-state index contributed by atoms with van der Waals surface area (Å²) in [6.45, 7) is 10.5. The molecule has 0 spiro atoms. The van der Waals surface area contributed by atoms with Gasteiger partial charge in [-0.05, 0) is 74.6 Å². The molecule has 4 nitrogen and oxygen atoms in total. The van der Waals surface area contributed by atoms with Crippen LogP contribution in [0.1, 0.15) is 51.3 Å². The van der Waals surface area contributed by atoms with Gasteiger partial charge in [-0.15, -0.1) is 0 Å². The van der Waals surface area contributed by atoms with E-state index in [1.807, 2.05) is 71.0 Å². The number of benzene rings is 2. The number of rotatable bonds is 3. The summed E-state index contributed by atoms with van der Waals surface area (Å²) in [6, 6.07) is 12.0. The molecule has 1 aliphatic heterocycles. The van der Waals surface area contributed by atoms with Crippen LogP contribution in [0.4, 0.5) is 5.69 Å². The van der Waals surface area contributed by atoms with Crippen molar-refractivity contribution >= 4 is 49.2 Å². The number of fused-ring (bicyclic) bond motifs is 2. The van der Waals surface area contributed by atoms with Gasteiger partial charge in [-0.1, -0.05) is 50.9 Å². The van der Waals surface area contributed by atoms with E-state index in [-0.39, 0.29) is 23.8 Å². The van der Waals surface area contributed by atoms with Gasteiger partial charge in [0.05, 0.1) is 5.41 Å². The Morgan fingerprint density at radius 3 is 2.16 bits per heavy atom. The molecule has 1 N–H and O–H groups in total. The number of hydrogen-bond donors (Lipinski definition) is 1. The van der Waals surface area contributed by atoms with Crippen molar-refractivity contribution < 1.29 is 14.7 Å². The average Bonchev–Trinajstić information content (AvgIpc) is 3.03. The van der Waals surface area contributed by atoms with Crippen molar-refractivity contribution in [1.82, 2.24) is 0 Å². The van der Waals surface area contributed by atoms with Gasteiger partial charge in [0.2, 0.25) is 5.91 Å². The number of aliphatic hydroxyl groups is 1. The first-order valence-electron chi connectivity index (χ1n) is 10.4. The van der Waals surface area contributed by atoms with E-state index in [4.69, 9.17) is 5.11 Å². The Hall–Kier alpha value is -1.50. The van der Waals surface area contributed by atoms with Gasteiger partial charge in [0.25, 0.3) is 0 Å².